The lowest BCUT2D eigenvalue weighted by atomic mass is 10.1. The average molecular weight is 548 g/mol. The number of amides is 2. The monoisotopic (exact) mass is 547 g/mol. The molecule has 196 valence electrons. The fourth-order valence-electron chi connectivity index (χ4n) is 3.79. The van der Waals surface area contributed by atoms with Crippen LogP contribution in [0.3, 0.4) is 0 Å². The number of aryl methyl sites for hydroxylation is 1. The molecule has 0 spiro atoms. The van der Waals surface area contributed by atoms with Crippen LogP contribution in [-0.4, -0.2) is 43.4 Å². The van der Waals surface area contributed by atoms with Crippen LogP contribution in [0.4, 0.5) is 17.1 Å². The lowest BCUT2D eigenvalue weighted by molar-refractivity contribution is -0.118. The van der Waals surface area contributed by atoms with Crippen LogP contribution in [0.1, 0.15) is 18.1 Å². The number of para-hydroxylation sites is 1. The number of ether oxygens (including phenoxy) is 2. The van der Waals surface area contributed by atoms with Gasteiger partial charge in [0, 0.05) is 25.5 Å². The van der Waals surface area contributed by atoms with Gasteiger partial charge < -0.3 is 19.7 Å². The molecule has 3 aromatic rings. The summed E-state index contributed by atoms with van der Waals surface area (Å²) in [5.74, 6) is 0.481. The second-order valence-corrected chi connectivity index (χ2v) is 10.4. The molecule has 0 aliphatic carbocycles. The molecular weight excluding hydrogens is 518 g/mol. The average Bonchev–Trinajstić information content (AvgIpc) is 3.17. The first-order valence-corrected chi connectivity index (χ1v) is 13.3. The second-order valence-electron chi connectivity index (χ2n) is 8.72. The third-order valence-corrected chi connectivity index (χ3v) is 7.06. The standard InChI is InChI=1S/C29H29N3O4S2/c1-5-35-25-16-20(10-15-24(25)36-18-27(33)30-23-9-7-6-8-19(23)2)17-26-28(34)32(29(37)38-26)22-13-11-21(12-14-22)31(3)4/h6-17H,5,18H2,1-4H3,(H,30,33)/b26-17-. The molecule has 1 heterocycles. The van der Waals surface area contributed by atoms with E-state index in [1.807, 2.05) is 87.4 Å². The number of hydrogen-bond acceptors (Lipinski definition) is 7. The van der Waals surface area contributed by atoms with E-state index in [0.29, 0.717) is 27.3 Å². The van der Waals surface area contributed by atoms with E-state index in [4.69, 9.17) is 21.7 Å². The van der Waals surface area contributed by atoms with Crippen LogP contribution >= 0.6 is 24.0 Å². The Labute approximate surface area is 232 Å². The Balaban J connectivity index is 1.47. The smallest absolute Gasteiger partial charge is 0.270 e. The minimum atomic E-state index is -0.270. The summed E-state index contributed by atoms with van der Waals surface area (Å²) in [5, 5.41) is 2.85. The molecule has 3 aromatic carbocycles. The molecule has 1 N–H and O–H groups in total. The molecule has 0 aromatic heterocycles. The van der Waals surface area contributed by atoms with Gasteiger partial charge in [0.15, 0.2) is 22.4 Å². The van der Waals surface area contributed by atoms with Gasteiger partial charge in [-0.1, -0.05) is 48.2 Å². The Kier molecular flexibility index (Phi) is 8.70. The van der Waals surface area contributed by atoms with Crippen molar-refractivity contribution in [1.29, 1.82) is 0 Å². The van der Waals surface area contributed by atoms with Gasteiger partial charge in [-0.2, -0.15) is 0 Å². The first-order valence-electron chi connectivity index (χ1n) is 12.1. The van der Waals surface area contributed by atoms with Crippen LogP contribution in [-0.2, 0) is 9.59 Å². The highest BCUT2D eigenvalue weighted by Gasteiger charge is 2.33. The number of thiocarbonyl (C=S) groups is 1. The first kappa shape index (κ1) is 27.2. The highest BCUT2D eigenvalue weighted by Crippen LogP contribution is 2.37. The van der Waals surface area contributed by atoms with Crippen molar-refractivity contribution in [2.24, 2.45) is 0 Å². The topological polar surface area (TPSA) is 71.1 Å². The van der Waals surface area contributed by atoms with Gasteiger partial charge in [-0.25, -0.2) is 0 Å². The third kappa shape index (κ3) is 6.35. The second kappa shape index (κ2) is 12.1. The van der Waals surface area contributed by atoms with Crippen molar-refractivity contribution < 1.29 is 19.1 Å². The molecule has 1 aliphatic rings. The van der Waals surface area contributed by atoms with Gasteiger partial charge in [0.2, 0.25) is 0 Å². The number of hydrogen-bond donors (Lipinski definition) is 1. The van der Waals surface area contributed by atoms with Crippen LogP contribution in [0.2, 0.25) is 0 Å². The van der Waals surface area contributed by atoms with Gasteiger partial charge in [0.1, 0.15) is 0 Å². The van der Waals surface area contributed by atoms with Gasteiger partial charge in [-0.05, 0) is 73.5 Å². The molecule has 0 saturated carbocycles. The number of anilines is 3. The number of carbonyl (C=O) groups is 2. The molecule has 9 heteroatoms. The molecular formula is C29H29N3O4S2. The molecule has 0 unspecified atom stereocenters. The molecule has 0 bridgehead atoms. The number of rotatable bonds is 9. The quantitative estimate of drug-likeness (QED) is 0.265. The molecule has 4 rings (SSSR count). The van der Waals surface area contributed by atoms with E-state index in [0.717, 1.165) is 28.2 Å². The minimum absolute atomic E-state index is 0.168. The van der Waals surface area contributed by atoms with Crippen molar-refractivity contribution in [3.05, 3.63) is 82.8 Å². The van der Waals surface area contributed by atoms with E-state index in [1.165, 1.54) is 11.8 Å². The summed E-state index contributed by atoms with van der Waals surface area (Å²) in [4.78, 5) is 29.7. The van der Waals surface area contributed by atoms with Gasteiger partial charge >= 0.3 is 0 Å². The van der Waals surface area contributed by atoms with Crippen molar-refractivity contribution in [2.75, 3.05) is 42.4 Å². The summed E-state index contributed by atoms with van der Waals surface area (Å²) in [7, 11) is 3.93. The van der Waals surface area contributed by atoms with Crippen molar-refractivity contribution >= 4 is 63.3 Å². The summed E-state index contributed by atoms with van der Waals surface area (Å²) in [6.45, 7) is 4.05. The van der Waals surface area contributed by atoms with E-state index in [1.54, 1.807) is 23.1 Å². The summed E-state index contributed by atoms with van der Waals surface area (Å²) in [5.41, 5.74) is 4.23. The van der Waals surface area contributed by atoms with Crippen molar-refractivity contribution in [3.63, 3.8) is 0 Å². The summed E-state index contributed by atoms with van der Waals surface area (Å²) < 4.78 is 12.0. The van der Waals surface area contributed by atoms with Crippen molar-refractivity contribution in [1.82, 2.24) is 0 Å². The molecule has 38 heavy (non-hydrogen) atoms. The Morgan fingerprint density at radius 2 is 1.79 bits per heavy atom. The predicted molar refractivity (Wildman–Crippen MR) is 159 cm³/mol. The van der Waals surface area contributed by atoms with Crippen LogP contribution in [0.15, 0.2) is 71.6 Å². The number of nitrogens with zero attached hydrogens (tertiary/aromatic N) is 2. The summed E-state index contributed by atoms with van der Waals surface area (Å²) in [6, 6.07) is 20.6. The zero-order chi connectivity index (χ0) is 27.2. The maximum Gasteiger partial charge on any atom is 0.270 e. The van der Waals surface area contributed by atoms with Gasteiger partial charge in [-0.15, -0.1) is 0 Å². The Hall–Kier alpha value is -3.82. The molecule has 0 radical (unpaired) electrons. The zero-order valence-electron chi connectivity index (χ0n) is 21.7. The van der Waals surface area contributed by atoms with Gasteiger partial charge in [-0.3, -0.25) is 14.5 Å². The van der Waals surface area contributed by atoms with Gasteiger partial charge in [0.05, 0.1) is 17.2 Å². The molecule has 0 atom stereocenters. The number of benzene rings is 3. The van der Waals surface area contributed by atoms with Crippen LogP contribution in [0.25, 0.3) is 6.08 Å². The molecule has 2 amide bonds. The summed E-state index contributed by atoms with van der Waals surface area (Å²) in [6.07, 6.45) is 1.78. The fraction of sp³-hybridized carbons (Fsp3) is 0.207. The highest BCUT2D eigenvalue weighted by molar-refractivity contribution is 8.27. The van der Waals surface area contributed by atoms with E-state index in [-0.39, 0.29) is 18.4 Å². The number of carbonyl (C=O) groups excluding carboxylic acids is 2. The molecule has 1 aliphatic heterocycles. The SMILES string of the molecule is CCOc1cc(/C=C2\SC(=S)N(c3ccc(N(C)C)cc3)C2=O)ccc1OCC(=O)Nc1ccccc1C. The predicted octanol–water partition coefficient (Wildman–Crippen LogP) is 5.88. The number of thioether (sulfide) groups is 1. The van der Waals surface area contributed by atoms with E-state index in [9.17, 15) is 9.59 Å². The van der Waals surface area contributed by atoms with Crippen LogP contribution < -0.4 is 24.6 Å². The van der Waals surface area contributed by atoms with Gasteiger partial charge in [0.25, 0.3) is 11.8 Å². The third-order valence-electron chi connectivity index (χ3n) is 5.76. The Morgan fingerprint density at radius 3 is 2.47 bits per heavy atom. The van der Waals surface area contributed by atoms with Crippen molar-refractivity contribution in [3.8, 4) is 11.5 Å². The Bertz CT molecular complexity index is 1390. The van der Waals surface area contributed by atoms with E-state index < -0.39 is 0 Å². The minimum Gasteiger partial charge on any atom is -0.490 e. The van der Waals surface area contributed by atoms with Crippen molar-refractivity contribution in [2.45, 2.75) is 13.8 Å². The normalized spacial score (nSPS) is 14.1. The molecule has 7 nitrogen and oxygen atoms in total. The Morgan fingerprint density at radius 1 is 1.05 bits per heavy atom. The summed E-state index contributed by atoms with van der Waals surface area (Å²) >= 11 is 6.77. The maximum absolute atomic E-state index is 13.2. The first-order chi connectivity index (χ1) is 18.3. The van der Waals surface area contributed by atoms with E-state index in [2.05, 4.69) is 5.32 Å². The van der Waals surface area contributed by atoms with E-state index >= 15 is 0 Å². The molecule has 1 fully saturated rings. The maximum atomic E-state index is 13.2. The fourth-order valence-corrected chi connectivity index (χ4v) is 5.09. The van der Waals surface area contributed by atoms with Crippen LogP contribution in [0.5, 0.6) is 11.5 Å². The zero-order valence-corrected chi connectivity index (χ0v) is 23.3. The highest BCUT2D eigenvalue weighted by atomic mass is 32.2. The van der Waals surface area contributed by atoms with Crippen LogP contribution in [0, 0.1) is 6.92 Å². The largest absolute Gasteiger partial charge is 0.490 e. The lowest BCUT2D eigenvalue weighted by Gasteiger charge is -2.17. The lowest BCUT2D eigenvalue weighted by Crippen LogP contribution is -2.27. The molecule has 1 saturated heterocycles. The number of nitrogens with one attached hydrogen (secondary N) is 1.